The van der Waals surface area contributed by atoms with Crippen molar-refractivity contribution in [2.75, 3.05) is 25.9 Å². The quantitative estimate of drug-likeness (QED) is 0.302. The minimum Gasteiger partial charge on any atom is -0.355 e. The highest BCUT2D eigenvalue weighted by Gasteiger charge is 2.19. The van der Waals surface area contributed by atoms with Gasteiger partial charge in [0.05, 0.1) is 5.75 Å². The molecule has 1 fully saturated rings. The Bertz CT molecular complexity index is 660. The summed E-state index contributed by atoms with van der Waals surface area (Å²) in [6.45, 7) is 3.60. The lowest BCUT2D eigenvalue weighted by Crippen LogP contribution is -2.41. The van der Waals surface area contributed by atoms with Crippen molar-refractivity contribution in [2.45, 2.75) is 32.7 Å². The first kappa shape index (κ1) is 22.2. The Morgan fingerprint density at radius 2 is 2.04 bits per heavy atom. The van der Waals surface area contributed by atoms with E-state index in [2.05, 4.69) is 39.4 Å². The second-order valence-electron chi connectivity index (χ2n) is 6.31. The van der Waals surface area contributed by atoms with Gasteiger partial charge < -0.3 is 10.6 Å². The molecule has 0 aliphatic heterocycles. The fraction of sp³-hybridized carbons (Fsp3) is 0.588. The van der Waals surface area contributed by atoms with Crippen LogP contribution in [0.15, 0.2) is 29.3 Å². The molecule has 6 nitrogen and oxygen atoms in total. The van der Waals surface area contributed by atoms with Gasteiger partial charge in [-0.2, -0.15) is 0 Å². The van der Waals surface area contributed by atoms with E-state index < -0.39 is 10.0 Å². The topological polar surface area (TPSA) is 82.6 Å². The number of aliphatic imine (C=N–C) groups is 1. The van der Waals surface area contributed by atoms with E-state index in [9.17, 15) is 8.42 Å². The van der Waals surface area contributed by atoms with Gasteiger partial charge in [-0.1, -0.05) is 36.2 Å². The Balaban J connectivity index is 0.00000312. The summed E-state index contributed by atoms with van der Waals surface area (Å²) in [5.74, 6) is 1.17. The summed E-state index contributed by atoms with van der Waals surface area (Å²) >= 11 is 0. The molecule has 1 saturated carbocycles. The fourth-order valence-electron chi connectivity index (χ4n) is 2.55. The van der Waals surface area contributed by atoms with E-state index >= 15 is 0 Å². The monoisotopic (exact) mass is 480 g/mol. The third-order valence-electron chi connectivity index (χ3n) is 4.25. The minimum absolute atomic E-state index is 0. The van der Waals surface area contributed by atoms with E-state index in [1.165, 1.54) is 12.0 Å². The summed E-state index contributed by atoms with van der Waals surface area (Å²) in [4.78, 5) is 4.12. The lowest BCUT2D eigenvalue weighted by atomic mass is 9.86. The standard InChI is InChI=1S/C17H28N4O2S.HI/c1-14-5-3-8-16(11-14)12-20-17(18-2)19-9-10-24(22,23)21-13-15-6-4-7-15;/h3,5,8,11,15,21H,4,6-7,9-10,12-13H2,1-2H3,(H2,18,19,20);1H. The van der Waals surface area contributed by atoms with Crippen LogP contribution in [0.1, 0.15) is 30.4 Å². The number of benzene rings is 1. The van der Waals surface area contributed by atoms with E-state index in [-0.39, 0.29) is 29.7 Å². The predicted octanol–water partition coefficient (Wildman–Crippen LogP) is 2.00. The second-order valence-corrected chi connectivity index (χ2v) is 8.23. The van der Waals surface area contributed by atoms with Gasteiger partial charge in [0, 0.05) is 26.7 Å². The summed E-state index contributed by atoms with van der Waals surface area (Å²) in [6, 6.07) is 8.22. The van der Waals surface area contributed by atoms with Crippen LogP contribution in [-0.4, -0.2) is 40.3 Å². The molecular weight excluding hydrogens is 451 g/mol. The lowest BCUT2D eigenvalue weighted by molar-refractivity contribution is 0.316. The Kier molecular flexibility index (Phi) is 9.73. The van der Waals surface area contributed by atoms with Crippen LogP contribution in [0.5, 0.6) is 0 Å². The van der Waals surface area contributed by atoms with Crippen molar-refractivity contribution in [2.24, 2.45) is 10.9 Å². The van der Waals surface area contributed by atoms with Crippen molar-refractivity contribution >= 4 is 40.0 Å². The number of hydrogen-bond acceptors (Lipinski definition) is 3. The molecule has 1 aliphatic carbocycles. The summed E-state index contributed by atoms with van der Waals surface area (Å²) in [6.07, 6.45) is 3.49. The van der Waals surface area contributed by atoms with Crippen molar-refractivity contribution < 1.29 is 8.42 Å². The molecule has 3 N–H and O–H groups in total. The highest BCUT2D eigenvalue weighted by Crippen LogP contribution is 2.25. The van der Waals surface area contributed by atoms with Crippen molar-refractivity contribution in [1.29, 1.82) is 0 Å². The summed E-state index contributed by atoms with van der Waals surface area (Å²) < 4.78 is 26.6. The van der Waals surface area contributed by atoms with Gasteiger partial charge in [0.2, 0.25) is 10.0 Å². The molecule has 0 radical (unpaired) electrons. The molecule has 1 aromatic carbocycles. The first-order valence-electron chi connectivity index (χ1n) is 8.46. The average Bonchev–Trinajstić information content (AvgIpc) is 2.49. The van der Waals surface area contributed by atoms with E-state index in [4.69, 9.17) is 0 Å². The van der Waals surface area contributed by atoms with Crippen molar-refractivity contribution in [3.63, 3.8) is 0 Å². The lowest BCUT2D eigenvalue weighted by Gasteiger charge is -2.25. The highest BCUT2D eigenvalue weighted by atomic mass is 127. The van der Waals surface area contributed by atoms with Crippen LogP contribution in [0.25, 0.3) is 0 Å². The average molecular weight is 480 g/mol. The van der Waals surface area contributed by atoms with Crippen molar-refractivity contribution in [3.8, 4) is 0 Å². The Morgan fingerprint density at radius 1 is 1.28 bits per heavy atom. The third-order valence-corrected chi connectivity index (χ3v) is 5.59. The van der Waals surface area contributed by atoms with Gasteiger partial charge in [-0.05, 0) is 31.2 Å². The number of nitrogens with one attached hydrogen (secondary N) is 3. The number of guanidine groups is 1. The first-order chi connectivity index (χ1) is 11.5. The zero-order valence-corrected chi connectivity index (χ0v) is 18.1. The molecule has 1 aromatic rings. The number of rotatable bonds is 8. The largest absolute Gasteiger partial charge is 0.355 e. The molecule has 0 atom stereocenters. The maximum Gasteiger partial charge on any atom is 0.213 e. The number of nitrogens with zero attached hydrogens (tertiary/aromatic N) is 1. The first-order valence-corrected chi connectivity index (χ1v) is 10.1. The Morgan fingerprint density at radius 3 is 2.64 bits per heavy atom. The molecule has 0 heterocycles. The summed E-state index contributed by atoms with van der Waals surface area (Å²) in [5.41, 5.74) is 2.37. The van der Waals surface area contributed by atoms with E-state index in [0.29, 0.717) is 31.5 Å². The van der Waals surface area contributed by atoms with Crippen LogP contribution in [0.2, 0.25) is 0 Å². The van der Waals surface area contributed by atoms with Gasteiger partial charge in [-0.25, -0.2) is 13.1 Å². The maximum atomic E-state index is 12.0. The number of aryl methyl sites for hydroxylation is 1. The third kappa shape index (κ3) is 8.37. The fourth-order valence-corrected chi connectivity index (χ4v) is 3.55. The normalized spacial score (nSPS) is 15.2. The van der Waals surface area contributed by atoms with E-state index in [1.54, 1.807) is 7.05 Å². The summed E-state index contributed by atoms with van der Waals surface area (Å²) in [7, 11) is -1.55. The Hall–Kier alpha value is -0.870. The second kappa shape index (κ2) is 11.0. The molecule has 0 aromatic heterocycles. The van der Waals surface area contributed by atoms with Crippen LogP contribution in [0.3, 0.4) is 0 Å². The molecule has 8 heteroatoms. The van der Waals surface area contributed by atoms with Gasteiger partial charge in [0.25, 0.3) is 0 Å². The van der Waals surface area contributed by atoms with Gasteiger partial charge in [-0.15, -0.1) is 24.0 Å². The van der Waals surface area contributed by atoms with Crippen LogP contribution >= 0.6 is 24.0 Å². The predicted molar refractivity (Wildman–Crippen MR) is 114 cm³/mol. The smallest absolute Gasteiger partial charge is 0.213 e. The molecule has 1 aliphatic rings. The van der Waals surface area contributed by atoms with Crippen LogP contribution in [0.4, 0.5) is 0 Å². The number of halogens is 1. The van der Waals surface area contributed by atoms with Crippen LogP contribution in [-0.2, 0) is 16.6 Å². The molecule has 25 heavy (non-hydrogen) atoms. The zero-order valence-electron chi connectivity index (χ0n) is 14.9. The van der Waals surface area contributed by atoms with Gasteiger partial charge in [0.15, 0.2) is 5.96 Å². The molecule has 0 amide bonds. The molecule has 0 saturated heterocycles. The van der Waals surface area contributed by atoms with Gasteiger partial charge in [0.1, 0.15) is 0 Å². The van der Waals surface area contributed by atoms with Crippen LogP contribution in [0, 0.1) is 12.8 Å². The zero-order chi connectivity index (χ0) is 17.4. The molecule has 142 valence electrons. The van der Waals surface area contributed by atoms with Gasteiger partial charge in [-0.3, -0.25) is 4.99 Å². The molecule has 0 spiro atoms. The van der Waals surface area contributed by atoms with E-state index in [1.807, 2.05) is 12.1 Å². The van der Waals surface area contributed by atoms with Gasteiger partial charge >= 0.3 is 0 Å². The van der Waals surface area contributed by atoms with Crippen molar-refractivity contribution in [3.05, 3.63) is 35.4 Å². The summed E-state index contributed by atoms with van der Waals surface area (Å²) in [5, 5.41) is 6.24. The molecule has 2 rings (SSSR count). The molecular formula is C17H29IN4O2S. The number of sulfonamides is 1. The minimum atomic E-state index is -3.22. The SMILES string of the molecule is CN=C(NCCS(=O)(=O)NCC1CCC1)NCc1cccc(C)c1.I. The molecule has 0 unspecified atom stereocenters. The molecule has 0 bridgehead atoms. The van der Waals surface area contributed by atoms with Crippen LogP contribution < -0.4 is 15.4 Å². The van der Waals surface area contributed by atoms with E-state index in [0.717, 1.165) is 18.4 Å². The Labute approximate surface area is 168 Å². The van der Waals surface area contributed by atoms with Crippen molar-refractivity contribution in [1.82, 2.24) is 15.4 Å². The maximum absolute atomic E-state index is 12.0. The highest BCUT2D eigenvalue weighted by molar-refractivity contribution is 14.0. The number of hydrogen-bond donors (Lipinski definition) is 3.